The third kappa shape index (κ3) is 2.56. The molecule has 2 fully saturated rings. The van der Waals surface area contributed by atoms with Gasteiger partial charge in [-0.25, -0.2) is 8.78 Å². The van der Waals surface area contributed by atoms with Gasteiger partial charge in [-0.05, 0) is 56.1 Å². The lowest BCUT2D eigenvalue weighted by molar-refractivity contribution is 0.0914. The molecule has 108 valence electrons. The lowest BCUT2D eigenvalue weighted by Crippen LogP contribution is -2.40. The Balaban J connectivity index is 1.66. The first-order valence-corrected chi connectivity index (χ1v) is 7.30. The normalized spacial score (nSPS) is 29.4. The van der Waals surface area contributed by atoms with Gasteiger partial charge in [0.2, 0.25) is 0 Å². The van der Waals surface area contributed by atoms with Gasteiger partial charge in [-0.1, -0.05) is 6.42 Å². The molecule has 4 atom stereocenters. The SMILES string of the molecule is C[C@@H](NC(=O)c1cc(F)cc(F)c1)[C@@H]1C[C@@H]2CC[C@@H]1C2. The number of hydrogen-bond acceptors (Lipinski definition) is 1. The van der Waals surface area contributed by atoms with E-state index in [1.165, 1.54) is 25.7 Å². The monoisotopic (exact) mass is 279 g/mol. The van der Waals surface area contributed by atoms with Crippen molar-refractivity contribution in [2.24, 2.45) is 17.8 Å². The Morgan fingerprint density at radius 3 is 2.45 bits per heavy atom. The second-order valence-corrected chi connectivity index (χ2v) is 6.26. The van der Waals surface area contributed by atoms with E-state index in [0.717, 1.165) is 24.1 Å². The Labute approximate surface area is 117 Å². The predicted octanol–water partition coefficient (Wildman–Crippen LogP) is 3.52. The third-order valence-electron chi connectivity index (χ3n) is 4.92. The molecule has 2 saturated carbocycles. The molecule has 0 spiro atoms. The molecule has 2 nitrogen and oxygen atoms in total. The van der Waals surface area contributed by atoms with Crippen molar-refractivity contribution in [2.45, 2.75) is 38.6 Å². The van der Waals surface area contributed by atoms with Crippen molar-refractivity contribution in [1.29, 1.82) is 0 Å². The Morgan fingerprint density at radius 1 is 1.20 bits per heavy atom. The highest BCUT2D eigenvalue weighted by molar-refractivity contribution is 5.94. The first kappa shape index (κ1) is 13.5. The van der Waals surface area contributed by atoms with E-state index in [1.807, 2.05) is 6.92 Å². The molecule has 1 amide bonds. The van der Waals surface area contributed by atoms with E-state index in [4.69, 9.17) is 0 Å². The number of carbonyl (C=O) groups excluding carboxylic acids is 1. The first-order chi connectivity index (χ1) is 9.52. The third-order valence-corrected chi connectivity index (χ3v) is 4.92. The number of rotatable bonds is 3. The average molecular weight is 279 g/mol. The summed E-state index contributed by atoms with van der Waals surface area (Å²) in [5, 5.41) is 2.91. The van der Waals surface area contributed by atoms with Crippen LogP contribution in [-0.4, -0.2) is 11.9 Å². The highest BCUT2D eigenvalue weighted by atomic mass is 19.1. The maximum absolute atomic E-state index is 13.1. The van der Waals surface area contributed by atoms with Gasteiger partial charge in [0.25, 0.3) is 5.91 Å². The second kappa shape index (κ2) is 5.15. The molecule has 4 heteroatoms. The van der Waals surface area contributed by atoms with E-state index in [2.05, 4.69) is 5.32 Å². The number of fused-ring (bicyclic) bond motifs is 2. The fourth-order valence-electron chi connectivity index (χ4n) is 3.99. The van der Waals surface area contributed by atoms with Crippen molar-refractivity contribution in [2.75, 3.05) is 0 Å². The molecule has 0 heterocycles. The molecule has 0 unspecified atom stereocenters. The summed E-state index contributed by atoms with van der Waals surface area (Å²) in [4.78, 5) is 12.1. The van der Waals surface area contributed by atoms with Crippen molar-refractivity contribution in [1.82, 2.24) is 5.32 Å². The molecule has 0 saturated heterocycles. The van der Waals surface area contributed by atoms with Crippen LogP contribution < -0.4 is 5.32 Å². The zero-order valence-electron chi connectivity index (χ0n) is 11.5. The molecule has 1 aromatic rings. The number of carbonyl (C=O) groups is 1. The van der Waals surface area contributed by atoms with Gasteiger partial charge in [0.15, 0.2) is 0 Å². The molecule has 20 heavy (non-hydrogen) atoms. The van der Waals surface area contributed by atoms with Crippen LogP contribution in [0.2, 0.25) is 0 Å². The average Bonchev–Trinajstić information content (AvgIpc) is 2.99. The molecule has 0 aromatic heterocycles. The largest absolute Gasteiger partial charge is 0.349 e. The smallest absolute Gasteiger partial charge is 0.251 e. The van der Waals surface area contributed by atoms with Crippen LogP contribution in [0.15, 0.2) is 18.2 Å². The van der Waals surface area contributed by atoms with E-state index in [1.54, 1.807) is 0 Å². The summed E-state index contributed by atoms with van der Waals surface area (Å²) in [6, 6.07) is 2.98. The minimum atomic E-state index is -0.720. The Hall–Kier alpha value is -1.45. The van der Waals surface area contributed by atoms with Crippen molar-refractivity contribution in [3.05, 3.63) is 35.4 Å². The van der Waals surface area contributed by atoms with Gasteiger partial charge in [0, 0.05) is 17.7 Å². The van der Waals surface area contributed by atoms with Crippen LogP contribution in [0.25, 0.3) is 0 Å². The molecular formula is C16H19F2NO. The zero-order valence-corrected chi connectivity index (χ0v) is 11.5. The minimum absolute atomic E-state index is 0.0532. The summed E-state index contributed by atoms with van der Waals surface area (Å²) in [6.07, 6.45) is 5.02. The number of hydrogen-bond donors (Lipinski definition) is 1. The van der Waals surface area contributed by atoms with Crippen LogP contribution >= 0.6 is 0 Å². The molecule has 0 radical (unpaired) electrons. The molecular weight excluding hydrogens is 260 g/mol. The molecule has 0 aliphatic heterocycles. The van der Waals surface area contributed by atoms with Crippen LogP contribution in [0.1, 0.15) is 43.0 Å². The Kier molecular flexibility index (Phi) is 3.48. The van der Waals surface area contributed by atoms with E-state index in [9.17, 15) is 13.6 Å². The van der Waals surface area contributed by atoms with E-state index in [0.29, 0.717) is 11.8 Å². The maximum Gasteiger partial charge on any atom is 0.251 e. The predicted molar refractivity (Wildman–Crippen MR) is 72.2 cm³/mol. The van der Waals surface area contributed by atoms with E-state index < -0.39 is 17.5 Å². The molecule has 3 rings (SSSR count). The molecule has 2 bridgehead atoms. The van der Waals surface area contributed by atoms with Crippen molar-refractivity contribution < 1.29 is 13.6 Å². The quantitative estimate of drug-likeness (QED) is 0.901. The minimum Gasteiger partial charge on any atom is -0.349 e. The van der Waals surface area contributed by atoms with E-state index in [-0.39, 0.29) is 11.6 Å². The molecule has 2 aliphatic carbocycles. The van der Waals surface area contributed by atoms with Gasteiger partial charge in [0.05, 0.1) is 0 Å². The van der Waals surface area contributed by atoms with E-state index >= 15 is 0 Å². The summed E-state index contributed by atoms with van der Waals surface area (Å²) in [5.41, 5.74) is 0.0532. The summed E-state index contributed by atoms with van der Waals surface area (Å²) in [6.45, 7) is 2.00. The molecule has 2 aliphatic rings. The topological polar surface area (TPSA) is 29.1 Å². The fourth-order valence-corrected chi connectivity index (χ4v) is 3.99. The van der Waals surface area contributed by atoms with Crippen molar-refractivity contribution in [3.63, 3.8) is 0 Å². The fraction of sp³-hybridized carbons (Fsp3) is 0.562. The van der Waals surface area contributed by atoms with Crippen LogP contribution in [-0.2, 0) is 0 Å². The second-order valence-electron chi connectivity index (χ2n) is 6.26. The summed E-state index contributed by atoms with van der Waals surface area (Å²) in [5.74, 6) is 0.204. The van der Waals surface area contributed by atoms with Crippen molar-refractivity contribution in [3.8, 4) is 0 Å². The zero-order chi connectivity index (χ0) is 14.3. The molecule has 1 N–H and O–H groups in total. The summed E-state index contributed by atoms with van der Waals surface area (Å²) in [7, 11) is 0. The van der Waals surface area contributed by atoms with Crippen LogP contribution in [0.4, 0.5) is 8.78 Å². The lowest BCUT2D eigenvalue weighted by Gasteiger charge is -2.28. The van der Waals surface area contributed by atoms with Gasteiger partial charge >= 0.3 is 0 Å². The Bertz CT molecular complexity index is 511. The van der Waals surface area contributed by atoms with Gasteiger partial charge in [0.1, 0.15) is 11.6 Å². The van der Waals surface area contributed by atoms with Gasteiger partial charge in [-0.2, -0.15) is 0 Å². The number of benzene rings is 1. The molecule has 1 aromatic carbocycles. The van der Waals surface area contributed by atoms with Crippen LogP contribution in [0, 0.1) is 29.4 Å². The standard InChI is InChI=1S/C16H19F2NO/c1-9(15-5-10-2-3-11(15)4-10)19-16(20)12-6-13(17)8-14(18)7-12/h6-11,15H,2-5H2,1H3,(H,19,20)/t9-,10-,11-,15+/m1/s1. The van der Waals surface area contributed by atoms with Crippen LogP contribution in [0.3, 0.4) is 0 Å². The summed E-state index contributed by atoms with van der Waals surface area (Å²) < 4.78 is 26.3. The van der Waals surface area contributed by atoms with Gasteiger partial charge in [-0.3, -0.25) is 4.79 Å². The Morgan fingerprint density at radius 2 is 1.90 bits per heavy atom. The van der Waals surface area contributed by atoms with Gasteiger partial charge in [-0.15, -0.1) is 0 Å². The number of halogens is 2. The highest BCUT2D eigenvalue weighted by Gasteiger charge is 2.42. The highest BCUT2D eigenvalue weighted by Crippen LogP contribution is 2.49. The number of nitrogens with one attached hydrogen (secondary N) is 1. The number of amides is 1. The van der Waals surface area contributed by atoms with Gasteiger partial charge < -0.3 is 5.32 Å². The maximum atomic E-state index is 13.1. The first-order valence-electron chi connectivity index (χ1n) is 7.30. The van der Waals surface area contributed by atoms with Crippen molar-refractivity contribution >= 4 is 5.91 Å². The summed E-state index contributed by atoms with van der Waals surface area (Å²) >= 11 is 0. The van der Waals surface area contributed by atoms with Crippen LogP contribution in [0.5, 0.6) is 0 Å². The lowest BCUT2D eigenvalue weighted by atomic mass is 9.84.